The lowest BCUT2D eigenvalue weighted by atomic mass is 9.71. The number of hydrogen-bond acceptors (Lipinski definition) is 1. The highest BCUT2D eigenvalue weighted by Crippen LogP contribution is 2.39. The first-order valence-corrected chi connectivity index (χ1v) is 8.00. The summed E-state index contributed by atoms with van der Waals surface area (Å²) in [6.07, 6.45) is 9.40. The van der Waals surface area contributed by atoms with Gasteiger partial charge in [0.15, 0.2) is 0 Å². The molecule has 0 radical (unpaired) electrons. The lowest BCUT2D eigenvalue weighted by Gasteiger charge is -2.35. The van der Waals surface area contributed by atoms with E-state index in [1.165, 1.54) is 38.5 Å². The molecule has 3 atom stereocenters. The first-order chi connectivity index (χ1) is 8.28. The molecule has 1 aliphatic carbocycles. The van der Waals surface area contributed by atoms with Crippen LogP contribution in [-0.4, -0.2) is 10.7 Å². The molecule has 0 bridgehead atoms. The second kappa shape index (κ2) is 6.93. The molecule has 18 heavy (non-hydrogen) atoms. The number of rotatable bonds is 6. The van der Waals surface area contributed by atoms with Crippen molar-refractivity contribution >= 4 is 0 Å². The number of hydrogen-bond donors (Lipinski definition) is 1. The number of aliphatic hydroxyl groups is 1. The van der Waals surface area contributed by atoms with Gasteiger partial charge in [0.25, 0.3) is 0 Å². The van der Waals surface area contributed by atoms with Gasteiger partial charge in [-0.25, -0.2) is 0 Å². The molecule has 3 unspecified atom stereocenters. The minimum atomic E-state index is -0.498. The monoisotopic (exact) mass is 254 g/mol. The van der Waals surface area contributed by atoms with E-state index < -0.39 is 5.60 Å². The first kappa shape index (κ1) is 16.0. The molecule has 0 heterocycles. The van der Waals surface area contributed by atoms with Gasteiger partial charge >= 0.3 is 0 Å². The van der Waals surface area contributed by atoms with Crippen molar-refractivity contribution < 1.29 is 5.11 Å². The molecule has 1 aliphatic rings. The lowest BCUT2D eigenvalue weighted by Crippen LogP contribution is -2.27. The van der Waals surface area contributed by atoms with Crippen LogP contribution < -0.4 is 0 Å². The van der Waals surface area contributed by atoms with E-state index in [1.54, 1.807) is 0 Å². The van der Waals surface area contributed by atoms with E-state index in [-0.39, 0.29) is 0 Å². The largest absolute Gasteiger partial charge is 0.390 e. The molecule has 0 aliphatic heterocycles. The molecule has 1 saturated carbocycles. The molecule has 0 aromatic heterocycles. The molecule has 1 fully saturated rings. The Morgan fingerprint density at radius 2 is 1.50 bits per heavy atom. The fourth-order valence-electron chi connectivity index (χ4n) is 3.96. The quantitative estimate of drug-likeness (QED) is 0.705. The fourth-order valence-corrected chi connectivity index (χ4v) is 3.96. The molecule has 1 rings (SSSR count). The summed E-state index contributed by atoms with van der Waals surface area (Å²) in [6.45, 7) is 10.9. The highest BCUT2D eigenvalue weighted by Gasteiger charge is 2.28. The summed E-state index contributed by atoms with van der Waals surface area (Å²) in [5, 5.41) is 9.93. The van der Waals surface area contributed by atoms with Gasteiger partial charge in [0, 0.05) is 0 Å². The Bertz CT molecular complexity index is 226. The molecule has 1 nitrogen and oxygen atoms in total. The van der Waals surface area contributed by atoms with Gasteiger partial charge in [-0.15, -0.1) is 0 Å². The van der Waals surface area contributed by atoms with Crippen LogP contribution in [0.25, 0.3) is 0 Å². The van der Waals surface area contributed by atoms with Crippen molar-refractivity contribution in [2.45, 2.75) is 85.2 Å². The van der Waals surface area contributed by atoms with E-state index in [0.717, 1.165) is 24.2 Å². The van der Waals surface area contributed by atoms with Gasteiger partial charge in [0.1, 0.15) is 0 Å². The lowest BCUT2D eigenvalue weighted by molar-refractivity contribution is 0.0462. The van der Waals surface area contributed by atoms with Gasteiger partial charge in [-0.2, -0.15) is 0 Å². The molecule has 0 aromatic carbocycles. The van der Waals surface area contributed by atoms with E-state index >= 15 is 0 Å². The zero-order chi connectivity index (χ0) is 13.8. The molecule has 0 saturated heterocycles. The van der Waals surface area contributed by atoms with Gasteiger partial charge in [-0.05, 0) is 56.8 Å². The normalized spacial score (nSPS) is 27.5. The van der Waals surface area contributed by atoms with E-state index in [0.29, 0.717) is 5.92 Å². The summed E-state index contributed by atoms with van der Waals surface area (Å²) < 4.78 is 0. The van der Waals surface area contributed by atoms with Gasteiger partial charge in [0.2, 0.25) is 0 Å². The third-order valence-corrected chi connectivity index (χ3v) is 4.39. The maximum Gasteiger partial charge on any atom is 0.0594 e. The molecule has 1 N–H and O–H groups in total. The maximum atomic E-state index is 9.93. The van der Waals surface area contributed by atoms with Crippen molar-refractivity contribution in [3.63, 3.8) is 0 Å². The summed E-state index contributed by atoms with van der Waals surface area (Å²) in [5.74, 6) is 3.35. The Labute approximate surface area is 114 Å². The molecule has 0 spiro atoms. The minimum absolute atomic E-state index is 0.498. The average molecular weight is 254 g/mol. The SMILES string of the molecule is CC(C)CC1CCCCC1CC(C)CC(C)(C)O. The third-order valence-electron chi connectivity index (χ3n) is 4.39. The van der Waals surface area contributed by atoms with Gasteiger partial charge in [-0.3, -0.25) is 0 Å². The van der Waals surface area contributed by atoms with Crippen LogP contribution in [-0.2, 0) is 0 Å². The smallest absolute Gasteiger partial charge is 0.0594 e. The van der Waals surface area contributed by atoms with Crippen LogP contribution in [0.2, 0.25) is 0 Å². The second-order valence-corrected chi connectivity index (χ2v) is 7.79. The standard InChI is InChI=1S/C17H34O/c1-13(2)10-15-8-6-7-9-16(15)11-14(3)12-17(4,5)18/h13-16,18H,6-12H2,1-5H3. The summed E-state index contributed by atoms with van der Waals surface area (Å²) >= 11 is 0. The predicted octanol–water partition coefficient (Wildman–Crippen LogP) is 5.03. The molecule has 0 aromatic rings. The van der Waals surface area contributed by atoms with Crippen LogP contribution in [0.15, 0.2) is 0 Å². The van der Waals surface area contributed by atoms with Gasteiger partial charge < -0.3 is 5.11 Å². The van der Waals surface area contributed by atoms with Crippen molar-refractivity contribution in [3.8, 4) is 0 Å². The van der Waals surface area contributed by atoms with Crippen molar-refractivity contribution in [1.82, 2.24) is 0 Å². The Morgan fingerprint density at radius 3 is 1.94 bits per heavy atom. The predicted molar refractivity (Wildman–Crippen MR) is 79.6 cm³/mol. The zero-order valence-corrected chi connectivity index (χ0v) is 13.2. The average Bonchev–Trinajstić information content (AvgIpc) is 2.17. The van der Waals surface area contributed by atoms with Crippen LogP contribution in [0.4, 0.5) is 0 Å². The molecular formula is C17H34O. The Kier molecular flexibility index (Phi) is 6.17. The van der Waals surface area contributed by atoms with Crippen molar-refractivity contribution in [3.05, 3.63) is 0 Å². The molecule has 108 valence electrons. The van der Waals surface area contributed by atoms with E-state index in [1.807, 2.05) is 13.8 Å². The topological polar surface area (TPSA) is 20.2 Å². The van der Waals surface area contributed by atoms with Crippen LogP contribution >= 0.6 is 0 Å². The zero-order valence-electron chi connectivity index (χ0n) is 13.2. The highest BCUT2D eigenvalue weighted by atomic mass is 16.3. The maximum absolute atomic E-state index is 9.93. The van der Waals surface area contributed by atoms with Crippen molar-refractivity contribution in [2.75, 3.05) is 0 Å². The van der Waals surface area contributed by atoms with Crippen LogP contribution in [0.5, 0.6) is 0 Å². The first-order valence-electron chi connectivity index (χ1n) is 8.00. The summed E-state index contributed by atoms with van der Waals surface area (Å²) in [4.78, 5) is 0. The Balaban J connectivity index is 2.46. The molecular weight excluding hydrogens is 220 g/mol. The van der Waals surface area contributed by atoms with E-state index in [9.17, 15) is 5.11 Å². The van der Waals surface area contributed by atoms with Gasteiger partial charge in [-0.1, -0.05) is 46.5 Å². The Morgan fingerprint density at radius 1 is 1.00 bits per heavy atom. The van der Waals surface area contributed by atoms with E-state index in [4.69, 9.17) is 0 Å². The van der Waals surface area contributed by atoms with Crippen LogP contribution in [0, 0.1) is 23.7 Å². The Hall–Kier alpha value is -0.0400. The third kappa shape index (κ3) is 6.22. The minimum Gasteiger partial charge on any atom is -0.390 e. The van der Waals surface area contributed by atoms with Crippen molar-refractivity contribution in [1.29, 1.82) is 0 Å². The molecule has 0 amide bonds. The second-order valence-electron chi connectivity index (χ2n) is 7.79. The summed E-state index contributed by atoms with van der Waals surface area (Å²) in [7, 11) is 0. The van der Waals surface area contributed by atoms with Gasteiger partial charge in [0.05, 0.1) is 5.60 Å². The fraction of sp³-hybridized carbons (Fsp3) is 1.00. The summed E-state index contributed by atoms with van der Waals surface area (Å²) in [5.41, 5.74) is -0.498. The van der Waals surface area contributed by atoms with Crippen LogP contribution in [0.3, 0.4) is 0 Å². The van der Waals surface area contributed by atoms with E-state index in [2.05, 4.69) is 20.8 Å². The van der Waals surface area contributed by atoms with Crippen molar-refractivity contribution in [2.24, 2.45) is 23.7 Å². The highest BCUT2D eigenvalue weighted by molar-refractivity contribution is 4.79. The summed E-state index contributed by atoms with van der Waals surface area (Å²) in [6, 6.07) is 0. The molecule has 1 heteroatoms. The van der Waals surface area contributed by atoms with Crippen LogP contribution in [0.1, 0.15) is 79.6 Å².